The number of aryl methyl sites for hydroxylation is 2. The molecule has 0 radical (unpaired) electrons. The minimum absolute atomic E-state index is 0.0973. The summed E-state index contributed by atoms with van der Waals surface area (Å²) in [6, 6.07) is 14.3. The largest absolute Gasteiger partial charge is 0.302 e. The number of fused-ring (bicyclic) bond motifs is 1. The van der Waals surface area contributed by atoms with Gasteiger partial charge in [0.2, 0.25) is 0 Å². The molecular formula is C21H16FN3O. The van der Waals surface area contributed by atoms with Crippen molar-refractivity contribution in [3.05, 3.63) is 82.8 Å². The highest BCUT2D eigenvalue weighted by atomic mass is 19.1. The van der Waals surface area contributed by atoms with Gasteiger partial charge in [-0.2, -0.15) is 0 Å². The summed E-state index contributed by atoms with van der Waals surface area (Å²) in [7, 11) is 1.68. The van der Waals surface area contributed by atoms with Crippen LogP contribution in [0.15, 0.2) is 65.8 Å². The summed E-state index contributed by atoms with van der Waals surface area (Å²) >= 11 is 0. The van der Waals surface area contributed by atoms with Gasteiger partial charge in [0.05, 0.1) is 22.9 Å². The standard InChI is InChI=1S/C21H16FN3O/c1-13-10-15(5-7-18(13)22)20-16(4-3-9-23-20)14-6-8-19-17(11-14)21(26)25(2)12-24-19/h3-12H,1-2H3. The van der Waals surface area contributed by atoms with Crippen LogP contribution in [0.5, 0.6) is 0 Å². The van der Waals surface area contributed by atoms with Gasteiger partial charge in [-0.25, -0.2) is 9.37 Å². The molecule has 0 bridgehead atoms. The van der Waals surface area contributed by atoms with Gasteiger partial charge in [-0.3, -0.25) is 9.78 Å². The second-order valence-electron chi connectivity index (χ2n) is 6.26. The fourth-order valence-corrected chi connectivity index (χ4v) is 3.04. The molecule has 0 atom stereocenters. The summed E-state index contributed by atoms with van der Waals surface area (Å²) in [4.78, 5) is 21.2. The Bertz CT molecular complexity index is 1200. The molecule has 0 saturated carbocycles. The Morgan fingerprint density at radius 2 is 1.81 bits per heavy atom. The average Bonchev–Trinajstić information content (AvgIpc) is 2.67. The lowest BCUT2D eigenvalue weighted by atomic mass is 9.97. The van der Waals surface area contributed by atoms with Crippen molar-refractivity contribution in [1.82, 2.24) is 14.5 Å². The van der Waals surface area contributed by atoms with E-state index in [1.54, 1.807) is 32.3 Å². The van der Waals surface area contributed by atoms with Crippen LogP contribution in [0.3, 0.4) is 0 Å². The number of hydrogen-bond acceptors (Lipinski definition) is 3. The fraction of sp³-hybridized carbons (Fsp3) is 0.0952. The van der Waals surface area contributed by atoms with E-state index in [-0.39, 0.29) is 11.4 Å². The molecule has 0 saturated heterocycles. The number of rotatable bonds is 2. The van der Waals surface area contributed by atoms with Gasteiger partial charge >= 0.3 is 0 Å². The van der Waals surface area contributed by atoms with E-state index in [4.69, 9.17) is 0 Å². The maximum absolute atomic E-state index is 13.6. The molecule has 5 heteroatoms. The van der Waals surface area contributed by atoms with Crippen LogP contribution in [0.25, 0.3) is 33.3 Å². The summed E-state index contributed by atoms with van der Waals surface area (Å²) in [5.41, 5.74) is 4.45. The van der Waals surface area contributed by atoms with Gasteiger partial charge in [0.1, 0.15) is 5.82 Å². The smallest absolute Gasteiger partial charge is 0.260 e. The van der Waals surface area contributed by atoms with Crippen molar-refractivity contribution in [1.29, 1.82) is 0 Å². The maximum atomic E-state index is 13.6. The average molecular weight is 345 g/mol. The van der Waals surface area contributed by atoms with Crippen molar-refractivity contribution < 1.29 is 4.39 Å². The molecule has 2 heterocycles. The van der Waals surface area contributed by atoms with Gasteiger partial charge < -0.3 is 4.57 Å². The molecule has 128 valence electrons. The van der Waals surface area contributed by atoms with E-state index in [0.29, 0.717) is 16.5 Å². The molecule has 26 heavy (non-hydrogen) atoms. The van der Waals surface area contributed by atoms with E-state index >= 15 is 0 Å². The molecule has 0 N–H and O–H groups in total. The van der Waals surface area contributed by atoms with E-state index in [0.717, 1.165) is 22.4 Å². The van der Waals surface area contributed by atoms with Crippen LogP contribution in [0.2, 0.25) is 0 Å². The van der Waals surface area contributed by atoms with E-state index in [1.165, 1.54) is 17.0 Å². The number of pyridine rings is 1. The van der Waals surface area contributed by atoms with Crippen LogP contribution in [0, 0.1) is 12.7 Å². The third-order valence-corrected chi connectivity index (χ3v) is 4.47. The van der Waals surface area contributed by atoms with Crippen molar-refractivity contribution in [2.75, 3.05) is 0 Å². The van der Waals surface area contributed by atoms with Gasteiger partial charge in [0.25, 0.3) is 5.56 Å². The molecule has 4 nitrogen and oxygen atoms in total. The van der Waals surface area contributed by atoms with E-state index in [1.807, 2.05) is 30.3 Å². The molecule has 0 fully saturated rings. The Morgan fingerprint density at radius 1 is 1.00 bits per heavy atom. The Kier molecular flexibility index (Phi) is 3.84. The first kappa shape index (κ1) is 16.1. The molecule has 2 aromatic heterocycles. The third-order valence-electron chi connectivity index (χ3n) is 4.47. The molecular weight excluding hydrogens is 329 g/mol. The topological polar surface area (TPSA) is 47.8 Å². The zero-order valence-electron chi connectivity index (χ0n) is 14.4. The summed E-state index contributed by atoms with van der Waals surface area (Å²) in [6.45, 7) is 1.73. The highest BCUT2D eigenvalue weighted by molar-refractivity contribution is 5.88. The molecule has 4 rings (SSSR count). The summed E-state index contributed by atoms with van der Waals surface area (Å²) < 4.78 is 15.1. The van der Waals surface area contributed by atoms with E-state index in [2.05, 4.69) is 9.97 Å². The number of aromatic nitrogens is 3. The van der Waals surface area contributed by atoms with Crippen molar-refractivity contribution >= 4 is 10.9 Å². The fourth-order valence-electron chi connectivity index (χ4n) is 3.04. The highest BCUT2D eigenvalue weighted by Gasteiger charge is 2.12. The van der Waals surface area contributed by atoms with Crippen LogP contribution < -0.4 is 5.56 Å². The first-order chi connectivity index (χ1) is 12.5. The van der Waals surface area contributed by atoms with Crippen LogP contribution in [-0.4, -0.2) is 14.5 Å². The normalized spacial score (nSPS) is 11.0. The molecule has 0 aliphatic heterocycles. The number of benzene rings is 2. The van der Waals surface area contributed by atoms with Crippen molar-refractivity contribution in [3.8, 4) is 22.4 Å². The Hall–Kier alpha value is -3.34. The van der Waals surface area contributed by atoms with Gasteiger partial charge in [0, 0.05) is 24.4 Å². The van der Waals surface area contributed by atoms with Gasteiger partial charge in [-0.05, 0) is 54.4 Å². The SMILES string of the molecule is Cc1cc(-c2ncccc2-c2ccc3ncn(C)c(=O)c3c2)ccc1F. The predicted molar refractivity (Wildman–Crippen MR) is 100 cm³/mol. The molecule has 0 amide bonds. The second-order valence-corrected chi connectivity index (χ2v) is 6.26. The molecule has 4 aromatic rings. The highest BCUT2D eigenvalue weighted by Crippen LogP contribution is 2.31. The minimum atomic E-state index is -0.244. The predicted octanol–water partition coefficient (Wildman–Crippen LogP) is 4.11. The van der Waals surface area contributed by atoms with Gasteiger partial charge in [0.15, 0.2) is 0 Å². The second kappa shape index (κ2) is 6.19. The van der Waals surface area contributed by atoms with E-state index in [9.17, 15) is 9.18 Å². The minimum Gasteiger partial charge on any atom is -0.302 e. The summed E-state index contributed by atoms with van der Waals surface area (Å²) in [6.07, 6.45) is 3.22. The Balaban J connectivity index is 1.94. The molecule has 0 aliphatic rings. The van der Waals surface area contributed by atoms with Crippen molar-refractivity contribution in [2.24, 2.45) is 7.05 Å². The molecule has 2 aromatic carbocycles. The lowest BCUT2D eigenvalue weighted by Gasteiger charge is -2.11. The van der Waals surface area contributed by atoms with Crippen molar-refractivity contribution in [2.45, 2.75) is 6.92 Å². The lowest BCUT2D eigenvalue weighted by molar-refractivity contribution is 0.619. The monoisotopic (exact) mass is 345 g/mol. The summed E-state index contributed by atoms with van der Waals surface area (Å²) in [5, 5.41) is 0.553. The molecule has 0 unspecified atom stereocenters. The Morgan fingerprint density at radius 3 is 2.62 bits per heavy atom. The number of halogens is 1. The maximum Gasteiger partial charge on any atom is 0.260 e. The zero-order chi connectivity index (χ0) is 18.3. The van der Waals surface area contributed by atoms with E-state index < -0.39 is 0 Å². The zero-order valence-corrected chi connectivity index (χ0v) is 14.4. The first-order valence-corrected chi connectivity index (χ1v) is 8.22. The van der Waals surface area contributed by atoms with Crippen LogP contribution in [-0.2, 0) is 7.05 Å². The van der Waals surface area contributed by atoms with Gasteiger partial charge in [-0.1, -0.05) is 12.1 Å². The van der Waals surface area contributed by atoms with Crippen LogP contribution in [0.1, 0.15) is 5.56 Å². The first-order valence-electron chi connectivity index (χ1n) is 8.22. The van der Waals surface area contributed by atoms with Crippen molar-refractivity contribution in [3.63, 3.8) is 0 Å². The van der Waals surface area contributed by atoms with Crippen LogP contribution >= 0.6 is 0 Å². The number of hydrogen-bond donors (Lipinski definition) is 0. The molecule has 0 aliphatic carbocycles. The summed E-state index contributed by atoms with van der Waals surface area (Å²) in [5.74, 6) is -0.244. The quantitative estimate of drug-likeness (QED) is 0.549. The number of nitrogens with zero attached hydrogens (tertiary/aromatic N) is 3. The van der Waals surface area contributed by atoms with Crippen LogP contribution in [0.4, 0.5) is 4.39 Å². The third kappa shape index (κ3) is 2.67. The lowest BCUT2D eigenvalue weighted by Crippen LogP contribution is -2.16. The molecule has 0 spiro atoms. The van der Waals surface area contributed by atoms with Gasteiger partial charge in [-0.15, -0.1) is 0 Å². The Labute approximate surface area is 149 Å².